The Balaban J connectivity index is 1.49. The topological polar surface area (TPSA) is 45.2 Å². The van der Waals surface area contributed by atoms with Crippen LogP contribution in [0.2, 0.25) is 0 Å². The molecule has 1 aliphatic heterocycles. The fraction of sp³-hybridized carbons (Fsp3) is 0.667. The molecule has 1 atom stereocenters. The minimum atomic E-state index is -0.505. The third kappa shape index (κ3) is 6.73. The summed E-state index contributed by atoms with van der Waals surface area (Å²) in [7, 11) is 3.79. The Labute approximate surface area is 176 Å². The van der Waals surface area contributed by atoms with Crippen LogP contribution < -0.4 is 9.47 Å². The van der Waals surface area contributed by atoms with Crippen molar-refractivity contribution in [1.29, 1.82) is 0 Å². The number of aliphatic hydroxyl groups excluding tert-OH is 1. The van der Waals surface area contributed by atoms with Crippen LogP contribution >= 0.6 is 0 Å². The molecule has 0 amide bonds. The molecular formula is C24H38N2O3. The predicted octanol–water partition coefficient (Wildman–Crippen LogP) is 3.85. The van der Waals surface area contributed by atoms with E-state index in [4.69, 9.17) is 9.47 Å². The molecule has 1 N–H and O–H groups in total. The molecule has 0 radical (unpaired) electrons. The van der Waals surface area contributed by atoms with E-state index >= 15 is 0 Å². The number of nitrogens with zero attached hydrogens (tertiary/aromatic N) is 2. The van der Waals surface area contributed by atoms with E-state index in [-0.39, 0.29) is 6.61 Å². The fourth-order valence-corrected chi connectivity index (χ4v) is 4.39. The lowest BCUT2D eigenvalue weighted by molar-refractivity contribution is 0.0553. The predicted molar refractivity (Wildman–Crippen MR) is 118 cm³/mol. The Bertz CT molecular complexity index is 670. The van der Waals surface area contributed by atoms with E-state index in [1.807, 2.05) is 6.07 Å². The van der Waals surface area contributed by atoms with Crippen LogP contribution in [-0.2, 0) is 6.54 Å². The molecule has 1 fully saturated rings. The van der Waals surface area contributed by atoms with Crippen molar-refractivity contribution in [2.24, 2.45) is 0 Å². The number of likely N-dealkylation sites (N-methyl/N-ethyl adjacent to an activating group) is 1. The molecule has 0 saturated heterocycles. The summed E-state index contributed by atoms with van der Waals surface area (Å²) in [5.74, 6) is 1.43. The van der Waals surface area contributed by atoms with Crippen molar-refractivity contribution >= 4 is 0 Å². The minimum Gasteiger partial charge on any atom is -0.493 e. The quantitative estimate of drug-likeness (QED) is 0.636. The zero-order valence-corrected chi connectivity index (χ0v) is 18.4. The molecule has 0 spiro atoms. The summed E-state index contributed by atoms with van der Waals surface area (Å²) < 4.78 is 11.5. The molecule has 5 nitrogen and oxygen atoms in total. The zero-order valence-electron chi connectivity index (χ0n) is 18.4. The first-order valence-corrected chi connectivity index (χ1v) is 11.1. The second-order valence-electron chi connectivity index (χ2n) is 8.72. The van der Waals surface area contributed by atoms with Gasteiger partial charge in [0, 0.05) is 32.2 Å². The van der Waals surface area contributed by atoms with Gasteiger partial charge in [-0.3, -0.25) is 4.90 Å². The number of ether oxygens (including phenoxy) is 2. The first-order valence-electron chi connectivity index (χ1n) is 11.1. The molecule has 162 valence electrons. The first kappa shape index (κ1) is 22.1. The van der Waals surface area contributed by atoms with Crippen molar-refractivity contribution in [2.45, 2.75) is 64.1 Å². The molecule has 1 heterocycles. The Kier molecular flexibility index (Phi) is 8.40. The van der Waals surface area contributed by atoms with Crippen LogP contribution in [0.5, 0.6) is 11.5 Å². The van der Waals surface area contributed by atoms with Gasteiger partial charge in [0.2, 0.25) is 0 Å². The van der Waals surface area contributed by atoms with E-state index in [2.05, 4.69) is 42.0 Å². The van der Waals surface area contributed by atoms with Gasteiger partial charge in [0.1, 0.15) is 12.7 Å². The van der Waals surface area contributed by atoms with Crippen LogP contribution in [0.3, 0.4) is 0 Å². The van der Waals surface area contributed by atoms with Gasteiger partial charge in [-0.2, -0.15) is 0 Å². The zero-order chi connectivity index (χ0) is 20.6. The summed E-state index contributed by atoms with van der Waals surface area (Å²) in [4.78, 5) is 4.73. The first-order chi connectivity index (χ1) is 14.0. The van der Waals surface area contributed by atoms with Crippen LogP contribution in [0, 0.1) is 0 Å². The highest BCUT2D eigenvalue weighted by Gasteiger charge is 2.20. The molecular weight excluding hydrogens is 364 g/mol. The number of aliphatic hydroxyl groups is 1. The van der Waals surface area contributed by atoms with Crippen LogP contribution in [0.1, 0.15) is 51.0 Å². The number of hydrogen-bond donors (Lipinski definition) is 1. The van der Waals surface area contributed by atoms with Gasteiger partial charge in [-0.15, -0.1) is 0 Å². The monoisotopic (exact) mass is 402 g/mol. The van der Waals surface area contributed by atoms with E-state index in [9.17, 15) is 5.11 Å². The highest BCUT2D eigenvalue weighted by molar-refractivity contribution is 5.43. The summed E-state index contributed by atoms with van der Waals surface area (Å²) in [6.07, 6.45) is 9.39. The highest BCUT2D eigenvalue weighted by atomic mass is 16.5. The standard InChI is InChI=1S/C24H38N2O3/c1-19-11-13-26(14-12-19)16-20-9-10-23(24(15-20)28-3)29-18-22(27)17-25(2)21-7-5-4-6-8-21/h9-11,15,21-22,27H,4-8,12-14,16-18H2,1-3H3/t22-/m0/s1. The number of rotatable bonds is 9. The maximum absolute atomic E-state index is 10.4. The number of methoxy groups -OCH3 is 1. The average molecular weight is 403 g/mol. The van der Waals surface area contributed by atoms with Crippen molar-refractivity contribution in [3.05, 3.63) is 35.4 Å². The molecule has 1 saturated carbocycles. The van der Waals surface area contributed by atoms with Gasteiger partial charge in [0.05, 0.1) is 7.11 Å². The van der Waals surface area contributed by atoms with Crippen LogP contribution in [0.4, 0.5) is 0 Å². The van der Waals surface area contributed by atoms with Gasteiger partial charge in [-0.05, 0) is 50.9 Å². The molecule has 1 aromatic rings. The molecule has 2 aliphatic rings. The van der Waals surface area contributed by atoms with Crippen molar-refractivity contribution in [3.63, 3.8) is 0 Å². The van der Waals surface area contributed by atoms with Gasteiger partial charge in [0.25, 0.3) is 0 Å². The molecule has 0 unspecified atom stereocenters. The molecule has 29 heavy (non-hydrogen) atoms. The van der Waals surface area contributed by atoms with Crippen LogP contribution in [-0.4, -0.2) is 67.5 Å². The van der Waals surface area contributed by atoms with Gasteiger partial charge in [-0.25, -0.2) is 0 Å². The number of hydrogen-bond acceptors (Lipinski definition) is 5. The summed E-state index contributed by atoms with van der Waals surface area (Å²) in [6.45, 7) is 6.15. The summed E-state index contributed by atoms with van der Waals surface area (Å²) in [6, 6.07) is 6.72. The molecule has 0 bridgehead atoms. The van der Waals surface area contributed by atoms with E-state index in [1.54, 1.807) is 7.11 Å². The molecule has 1 aromatic carbocycles. The van der Waals surface area contributed by atoms with Gasteiger partial charge < -0.3 is 19.5 Å². The lowest BCUT2D eigenvalue weighted by atomic mass is 9.94. The SMILES string of the molecule is COc1cc(CN2CC=C(C)CC2)ccc1OC[C@@H](O)CN(C)C1CCCCC1. The van der Waals surface area contributed by atoms with Crippen molar-refractivity contribution in [2.75, 3.05) is 40.4 Å². The minimum absolute atomic E-state index is 0.281. The lowest BCUT2D eigenvalue weighted by Crippen LogP contribution is -2.40. The third-order valence-corrected chi connectivity index (χ3v) is 6.28. The normalized spacial score (nSPS) is 19.8. The van der Waals surface area contributed by atoms with E-state index in [0.717, 1.165) is 31.8 Å². The van der Waals surface area contributed by atoms with Gasteiger partial charge in [-0.1, -0.05) is 37.0 Å². The fourth-order valence-electron chi connectivity index (χ4n) is 4.39. The highest BCUT2D eigenvalue weighted by Crippen LogP contribution is 2.29. The maximum Gasteiger partial charge on any atom is 0.161 e. The summed E-state index contributed by atoms with van der Waals surface area (Å²) >= 11 is 0. The number of benzene rings is 1. The van der Waals surface area contributed by atoms with E-state index in [1.165, 1.54) is 43.2 Å². The molecule has 5 heteroatoms. The van der Waals surface area contributed by atoms with Gasteiger partial charge >= 0.3 is 0 Å². The van der Waals surface area contributed by atoms with Crippen molar-refractivity contribution < 1.29 is 14.6 Å². The van der Waals surface area contributed by atoms with Crippen molar-refractivity contribution in [1.82, 2.24) is 9.80 Å². The summed E-state index contributed by atoms with van der Waals surface area (Å²) in [5.41, 5.74) is 2.70. The van der Waals surface area contributed by atoms with Crippen LogP contribution in [0.25, 0.3) is 0 Å². The van der Waals surface area contributed by atoms with E-state index < -0.39 is 6.10 Å². The average Bonchev–Trinajstić information content (AvgIpc) is 2.75. The van der Waals surface area contributed by atoms with Gasteiger partial charge in [0.15, 0.2) is 11.5 Å². The van der Waals surface area contributed by atoms with E-state index in [0.29, 0.717) is 18.3 Å². The molecule has 1 aliphatic carbocycles. The second kappa shape index (κ2) is 11.0. The van der Waals surface area contributed by atoms with Crippen molar-refractivity contribution in [3.8, 4) is 11.5 Å². The third-order valence-electron chi connectivity index (χ3n) is 6.28. The molecule has 0 aromatic heterocycles. The largest absolute Gasteiger partial charge is 0.493 e. The Morgan fingerprint density at radius 3 is 2.69 bits per heavy atom. The lowest BCUT2D eigenvalue weighted by Gasteiger charge is -2.32. The maximum atomic E-state index is 10.4. The van der Waals surface area contributed by atoms with Crippen LogP contribution in [0.15, 0.2) is 29.8 Å². The molecule has 3 rings (SSSR count). The Hall–Kier alpha value is -1.56. The second-order valence-corrected chi connectivity index (χ2v) is 8.72. The Morgan fingerprint density at radius 1 is 1.21 bits per heavy atom. The Morgan fingerprint density at radius 2 is 2.00 bits per heavy atom. The summed E-state index contributed by atoms with van der Waals surface area (Å²) in [5, 5.41) is 10.4. The smallest absolute Gasteiger partial charge is 0.161 e.